The van der Waals surface area contributed by atoms with Crippen LogP contribution >= 0.6 is 22.9 Å². The molecule has 2 rings (SSSR count). The first kappa shape index (κ1) is 15.0. The molecule has 0 spiro atoms. The van der Waals surface area contributed by atoms with E-state index in [4.69, 9.17) is 11.6 Å². The summed E-state index contributed by atoms with van der Waals surface area (Å²) in [6.07, 6.45) is 0.671. The van der Waals surface area contributed by atoms with Gasteiger partial charge in [-0.1, -0.05) is 31.5 Å². The van der Waals surface area contributed by atoms with Gasteiger partial charge in [0.15, 0.2) is 0 Å². The van der Waals surface area contributed by atoms with Crippen LogP contribution in [0.3, 0.4) is 0 Å². The summed E-state index contributed by atoms with van der Waals surface area (Å²) in [4.78, 5) is 16.2. The van der Waals surface area contributed by atoms with Crippen LogP contribution in [0.1, 0.15) is 34.8 Å². The normalized spacial score (nSPS) is 11.1. The zero-order valence-corrected chi connectivity index (χ0v) is 13.2. The Morgan fingerprint density at radius 1 is 1.45 bits per heavy atom. The highest BCUT2D eigenvalue weighted by molar-refractivity contribution is 7.17. The number of hydrogen-bond acceptors (Lipinski definition) is 3. The molecule has 1 aromatic heterocycles. The molecule has 0 aliphatic rings. The first-order valence-corrected chi connectivity index (χ1v) is 7.57. The van der Waals surface area contributed by atoms with Gasteiger partial charge in [0, 0.05) is 10.6 Å². The highest BCUT2D eigenvalue weighted by Crippen LogP contribution is 2.32. The van der Waals surface area contributed by atoms with E-state index in [0.29, 0.717) is 27.9 Å². The molecule has 1 heterocycles. The molecule has 1 aromatic carbocycles. The van der Waals surface area contributed by atoms with Crippen molar-refractivity contribution in [3.63, 3.8) is 0 Å². The molecule has 0 amide bonds. The van der Waals surface area contributed by atoms with Crippen molar-refractivity contribution in [2.24, 2.45) is 5.92 Å². The minimum atomic E-state index is -0.906. The molecule has 106 valence electrons. The molecule has 0 saturated heterocycles. The van der Waals surface area contributed by atoms with Gasteiger partial charge in [0.1, 0.15) is 9.88 Å². The SMILES string of the molecule is Cc1cc(Cl)ccc1-c1nc(CC(C)C)c(C(=O)O)s1. The van der Waals surface area contributed by atoms with Crippen LogP contribution in [0.2, 0.25) is 5.02 Å². The third-order valence-corrected chi connectivity index (χ3v) is 4.27. The van der Waals surface area contributed by atoms with Gasteiger partial charge in [-0.15, -0.1) is 11.3 Å². The van der Waals surface area contributed by atoms with Gasteiger partial charge in [0.25, 0.3) is 0 Å². The number of carboxylic acid groups (broad SMARTS) is 1. The van der Waals surface area contributed by atoms with Gasteiger partial charge in [-0.25, -0.2) is 9.78 Å². The number of thiazole rings is 1. The van der Waals surface area contributed by atoms with Crippen molar-refractivity contribution >= 4 is 28.9 Å². The third-order valence-electron chi connectivity index (χ3n) is 2.91. The Morgan fingerprint density at radius 3 is 2.70 bits per heavy atom. The lowest BCUT2D eigenvalue weighted by Crippen LogP contribution is -2.02. The number of nitrogens with zero attached hydrogens (tertiary/aromatic N) is 1. The van der Waals surface area contributed by atoms with Gasteiger partial charge in [0.2, 0.25) is 0 Å². The van der Waals surface area contributed by atoms with Gasteiger partial charge in [0.05, 0.1) is 5.69 Å². The van der Waals surface area contributed by atoms with E-state index in [0.717, 1.165) is 16.1 Å². The third kappa shape index (κ3) is 3.19. The van der Waals surface area contributed by atoms with E-state index in [-0.39, 0.29) is 0 Å². The number of halogens is 1. The minimum absolute atomic E-state index is 0.336. The summed E-state index contributed by atoms with van der Waals surface area (Å²) in [5, 5.41) is 10.7. The molecule has 2 aromatic rings. The second-order valence-electron chi connectivity index (χ2n) is 5.16. The van der Waals surface area contributed by atoms with Gasteiger partial charge in [-0.3, -0.25) is 0 Å². The molecule has 3 nitrogen and oxygen atoms in total. The van der Waals surface area contributed by atoms with Crippen molar-refractivity contribution in [3.8, 4) is 10.6 Å². The summed E-state index contributed by atoms with van der Waals surface area (Å²) in [5.41, 5.74) is 2.61. The maximum atomic E-state index is 11.3. The van der Waals surface area contributed by atoms with E-state index < -0.39 is 5.97 Å². The number of rotatable bonds is 4. The van der Waals surface area contributed by atoms with Crippen LogP contribution in [-0.2, 0) is 6.42 Å². The molecule has 0 aliphatic heterocycles. The largest absolute Gasteiger partial charge is 0.477 e. The summed E-state index contributed by atoms with van der Waals surface area (Å²) in [6.45, 7) is 6.06. The van der Waals surface area contributed by atoms with Gasteiger partial charge in [-0.05, 0) is 37.0 Å². The zero-order chi connectivity index (χ0) is 14.9. The Bertz CT molecular complexity index is 649. The van der Waals surface area contributed by atoms with Crippen LogP contribution < -0.4 is 0 Å². The smallest absolute Gasteiger partial charge is 0.347 e. The van der Waals surface area contributed by atoms with Crippen LogP contribution in [-0.4, -0.2) is 16.1 Å². The van der Waals surface area contributed by atoms with Gasteiger partial charge >= 0.3 is 5.97 Å². The summed E-state index contributed by atoms with van der Waals surface area (Å²) in [7, 11) is 0. The Morgan fingerprint density at radius 2 is 2.15 bits per heavy atom. The topological polar surface area (TPSA) is 50.2 Å². The fraction of sp³-hybridized carbons (Fsp3) is 0.333. The standard InChI is InChI=1S/C15H16ClNO2S/c1-8(2)6-12-13(15(18)19)20-14(17-12)11-5-4-10(16)7-9(11)3/h4-5,7-8H,6H2,1-3H3,(H,18,19). The molecular formula is C15H16ClNO2S. The second kappa shape index (κ2) is 5.94. The fourth-order valence-corrected chi connectivity index (χ4v) is 3.28. The van der Waals surface area contributed by atoms with E-state index in [1.165, 1.54) is 11.3 Å². The molecule has 0 fully saturated rings. The lowest BCUT2D eigenvalue weighted by atomic mass is 10.1. The van der Waals surface area contributed by atoms with Crippen molar-refractivity contribution < 1.29 is 9.90 Å². The Kier molecular flexibility index (Phi) is 4.45. The second-order valence-corrected chi connectivity index (χ2v) is 6.59. The first-order valence-electron chi connectivity index (χ1n) is 6.38. The van der Waals surface area contributed by atoms with E-state index in [2.05, 4.69) is 18.8 Å². The minimum Gasteiger partial charge on any atom is -0.477 e. The van der Waals surface area contributed by atoms with E-state index in [1.807, 2.05) is 19.1 Å². The quantitative estimate of drug-likeness (QED) is 0.893. The van der Waals surface area contributed by atoms with Crippen molar-refractivity contribution in [3.05, 3.63) is 39.4 Å². The number of carboxylic acids is 1. The van der Waals surface area contributed by atoms with E-state index in [1.54, 1.807) is 6.07 Å². The number of aryl methyl sites for hydroxylation is 1. The maximum absolute atomic E-state index is 11.3. The van der Waals surface area contributed by atoms with E-state index in [9.17, 15) is 9.90 Å². The van der Waals surface area contributed by atoms with Crippen LogP contribution in [0.5, 0.6) is 0 Å². The molecule has 0 unspecified atom stereocenters. The van der Waals surface area contributed by atoms with Crippen molar-refractivity contribution in [2.45, 2.75) is 27.2 Å². The lowest BCUT2D eigenvalue weighted by Gasteiger charge is -2.03. The van der Waals surface area contributed by atoms with Gasteiger partial charge in [-0.2, -0.15) is 0 Å². The molecular weight excluding hydrogens is 294 g/mol. The Labute approximate surface area is 127 Å². The maximum Gasteiger partial charge on any atom is 0.347 e. The predicted molar refractivity (Wildman–Crippen MR) is 82.8 cm³/mol. The number of aromatic carboxylic acids is 1. The Balaban J connectivity index is 2.49. The fourth-order valence-electron chi connectivity index (χ4n) is 2.03. The number of aromatic nitrogens is 1. The van der Waals surface area contributed by atoms with Crippen LogP contribution in [0, 0.1) is 12.8 Å². The number of benzene rings is 1. The summed E-state index contributed by atoms with van der Waals surface area (Å²) in [5.74, 6) is -0.537. The predicted octanol–water partition coefficient (Wildman–Crippen LogP) is 4.67. The van der Waals surface area contributed by atoms with Crippen molar-refractivity contribution in [2.75, 3.05) is 0 Å². The van der Waals surface area contributed by atoms with Crippen LogP contribution in [0.25, 0.3) is 10.6 Å². The lowest BCUT2D eigenvalue weighted by molar-refractivity contribution is 0.0700. The highest BCUT2D eigenvalue weighted by atomic mass is 35.5. The molecule has 0 radical (unpaired) electrons. The summed E-state index contributed by atoms with van der Waals surface area (Å²) < 4.78 is 0. The molecule has 0 saturated carbocycles. The first-order chi connectivity index (χ1) is 9.38. The average molecular weight is 310 g/mol. The molecule has 0 bridgehead atoms. The Hall–Kier alpha value is -1.39. The average Bonchev–Trinajstić information content (AvgIpc) is 2.71. The molecule has 1 N–H and O–H groups in total. The van der Waals surface area contributed by atoms with Crippen molar-refractivity contribution in [1.82, 2.24) is 4.98 Å². The zero-order valence-electron chi connectivity index (χ0n) is 11.6. The summed E-state index contributed by atoms with van der Waals surface area (Å²) >= 11 is 7.18. The van der Waals surface area contributed by atoms with Crippen molar-refractivity contribution in [1.29, 1.82) is 0 Å². The molecule has 0 atom stereocenters. The summed E-state index contributed by atoms with van der Waals surface area (Å²) in [6, 6.07) is 5.55. The highest BCUT2D eigenvalue weighted by Gasteiger charge is 2.19. The molecule has 20 heavy (non-hydrogen) atoms. The van der Waals surface area contributed by atoms with Crippen LogP contribution in [0.4, 0.5) is 0 Å². The molecule has 0 aliphatic carbocycles. The van der Waals surface area contributed by atoms with Crippen LogP contribution in [0.15, 0.2) is 18.2 Å². The van der Waals surface area contributed by atoms with Gasteiger partial charge < -0.3 is 5.11 Å². The number of carbonyl (C=O) groups is 1. The van der Waals surface area contributed by atoms with E-state index >= 15 is 0 Å². The molecule has 5 heteroatoms. The monoisotopic (exact) mass is 309 g/mol. The number of hydrogen-bond donors (Lipinski definition) is 1.